The second-order valence-corrected chi connectivity index (χ2v) is 6.67. The van der Waals surface area contributed by atoms with E-state index in [0.29, 0.717) is 30.3 Å². The third-order valence-electron chi connectivity index (χ3n) is 5.10. The number of rotatable bonds is 5. The van der Waals surface area contributed by atoms with Gasteiger partial charge in [-0.05, 0) is 42.5 Å². The second kappa shape index (κ2) is 6.48. The summed E-state index contributed by atoms with van der Waals surface area (Å²) in [4.78, 5) is 19.2. The minimum Gasteiger partial charge on any atom is -0.496 e. The maximum Gasteiger partial charge on any atom is 0.254 e. The molecule has 132 valence electrons. The van der Waals surface area contributed by atoms with Crippen LogP contribution in [0.1, 0.15) is 53.0 Å². The molecule has 1 N–H and O–H groups in total. The van der Waals surface area contributed by atoms with Gasteiger partial charge in [-0.1, -0.05) is 0 Å². The SMILES string of the molecule is COc1ccc(C(=O)N2C[C@H](OC)C[C@H]2c2ncn[nH]2)cc1C1CC1. The van der Waals surface area contributed by atoms with E-state index in [1.54, 1.807) is 14.2 Å². The predicted octanol–water partition coefficient (Wildman–Crippen LogP) is 2.29. The number of H-pyrrole nitrogens is 1. The lowest BCUT2D eigenvalue weighted by Crippen LogP contribution is -2.32. The third kappa shape index (κ3) is 3.00. The average Bonchev–Trinajstić information content (AvgIpc) is 3.18. The summed E-state index contributed by atoms with van der Waals surface area (Å²) in [5.41, 5.74) is 1.82. The molecule has 1 aromatic carbocycles. The number of amides is 1. The first-order valence-electron chi connectivity index (χ1n) is 8.58. The highest BCUT2D eigenvalue weighted by Gasteiger charge is 2.38. The Bertz CT molecular complexity index is 758. The standard InChI is InChI=1S/C18H22N4O3/c1-24-13-8-15(17-19-10-20-21-17)22(9-13)18(23)12-5-6-16(25-2)14(7-12)11-3-4-11/h5-7,10-11,13,15H,3-4,8-9H2,1-2H3,(H,19,20,21)/t13-,15+/m1/s1. The average molecular weight is 342 g/mol. The Morgan fingerprint density at radius 3 is 2.80 bits per heavy atom. The number of benzene rings is 1. The first-order chi connectivity index (χ1) is 12.2. The maximum absolute atomic E-state index is 13.2. The molecular formula is C18H22N4O3. The number of ether oxygens (including phenoxy) is 2. The fourth-order valence-corrected chi connectivity index (χ4v) is 3.57. The smallest absolute Gasteiger partial charge is 0.254 e. The van der Waals surface area contributed by atoms with Gasteiger partial charge in [0.2, 0.25) is 0 Å². The van der Waals surface area contributed by atoms with Crippen molar-refractivity contribution in [1.82, 2.24) is 20.1 Å². The van der Waals surface area contributed by atoms with Crippen molar-refractivity contribution < 1.29 is 14.3 Å². The molecule has 7 nitrogen and oxygen atoms in total. The fourth-order valence-electron chi connectivity index (χ4n) is 3.57. The van der Waals surface area contributed by atoms with Crippen molar-refractivity contribution in [1.29, 1.82) is 0 Å². The van der Waals surface area contributed by atoms with Crippen LogP contribution in [0.15, 0.2) is 24.5 Å². The van der Waals surface area contributed by atoms with E-state index in [-0.39, 0.29) is 18.1 Å². The largest absolute Gasteiger partial charge is 0.496 e. The van der Waals surface area contributed by atoms with Crippen LogP contribution in [0.2, 0.25) is 0 Å². The number of nitrogens with one attached hydrogen (secondary N) is 1. The molecular weight excluding hydrogens is 320 g/mol. The molecule has 1 aromatic heterocycles. The van der Waals surface area contributed by atoms with Crippen LogP contribution in [0.4, 0.5) is 0 Å². The zero-order chi connectivity index (χ0) is 17.4. The molecule has 2 heterocycles. The Labute approximate surface area is 146 Å². The minimum atomic E-state index is -0.147. The summed E-state index contributed by atoms with van der Waals surface area (Å²) >= 11 is 0. The molecule has 2 fully saturated rings. The summed E-state index contributed by atoms with van der Waals surface area (Å²) in [6.45, 7) is 0.547. The molecule has 2 aromatic rings. The predicted molar refractivity (Wildman–Crippen MR) is 90.5 cm³/mol. The Morgan fingerprint density at radius 2 is 2.16 bits per heavy atom. The molecule has 2 atom stereocenters. The molecule has 0 bridgehead atoms. The fraction of sp³-hybridized carbons (Fsp3) is 0.500. The number of aromatic nitrogens is 3. The van der Waals surface area contributed by atoms with Gasteiger partial charge in [0, 0.05) is 25.6 Å². The number of hydrogen-bond donors (Lipinski definition) is 1. The summed E-state index contributed by atoms with van der Waals surface area (Å²) in [6, 6.07) is 5.57. The molecule has 7 heteroatoms. The van der Waals surface area contributed by atoms with Gasteiger partial charge in [-0.25, -0.2) is 4.98 Å². The topological polar surface area (TPSA) is 80.3 Å². The van der Waals surface area contributed by atoms with Gasteiger partial charge in [0.15, 0.2) is 0 Å². The van der Waals surface area contributed by atoms with Gasteiger partial charge in [0.05, 0.1) is 19.3 Å². The Hall–Kier alpha value is -2.41. The van der Waals surface area contributed by atoms with E-state index >= 15 is 0 Å². The van der Waals surface area contributed by atoms with Gasteiger partial charge in [-0.2, -0.15) is 5.10 Å². The quantitative estimate of drug-likeness (QED) is 0.902. The van der Waals surface area contributed by atoms with E-state index in [2.05, 4.69) is 15.2 Å². The van der Waals surface area contributed by atoms with E-state index in [1.165, 1.54) is 6.33 Å². The molecule has 1 saturated heterocycles. The van der Waals surface area contributed by atoms with E-state index in [0.717, 1.165) is 24.2 Å². The van der Waals surface area contributed by atoms with Crippen LogP contribution in [-0.2, 0) is 4.74 Å². The van der Waals surface area contributed by atoms with Crippen molar-refractivity contribution in [3.05, 3.63) is 41.5 Å². The molecule has 1 amide bonds. The molecule has 25 heavy (non-hydrogen) atoms. The van der Waals surface area contributed by atoms with Crippen LogP contribution in [0.5, 0.6) is 5.75 Å². The lowest BCUT2D eigenvalue weighted by molar-refractivity contribution is 0.0684. The van der Waals surface area contributed by atoms with Crippen LogP contribution < -0.4 is 4.74 Å². The zero-order valence-electron chi connectivity index (χ0n) is 14.4. The lowest BCUT2D eigenvalue weighted by Gasteiger charge is -2.23. The number of hydrogen-bond acceptors (Lipinski definition) is 5. The third-order valence-corrected chi connectivity index (χ3v) is 5.10. The van der Waals surface area contributed by atoms with Gasteiger partial charge in [0.25, 0.3) is 5.91 Å². The van der Waals surface area contributed by atoms with E-state index in [1.807, 2.05) is 23.1 Å². The summed E-state index contributed by atoms with van der Waals surface area (Å²) in [6.07, 6.45) is 4.49. The normalized spacial score (nSPS) is 23.0. The van der Waals surface area contributed by atoms with Crippen LogP contribution >= 0.6 is 0 Å². The monoisotopic (exact) mass is 342 g/mol. The lowest BCUT2D eigenvalue weighted by atomic mass is 10.0. The molecule has 1 aliphatic heterocycles. The number of nitrogens with zero attached hydrogens (tertiary/aromatic N) is 3. The number of methoxy groups -OCH3 is 2. The highest BCUT2D eigenvalue weighted by molar-refractivity contribution is 5.95. The molecule has 1 aliphatic carbocycles. The molecule has 2 aliphatic rings. The number of likely N-dealkylation sites (tertiary alicyclic amines) is 1. The van der Waals surface area contributed by atoms with Gasteiger partial charge in [0.1, 0.15) is 17.9 Å². The maximum atomic E-state index is 13.2. The van der Waals surface area contributed by atoms with E-state index in [9.17, 15) is 4.79 Å². The van der Waals surface area contributed by atoms with Gasteiger partial charge >= 0.3 is 0 Å². The molecule has 0 radical (unpaired) electrons. The highest BCUT2D eigenvalue weighted by Crippen LogP contribution is 2.45. The van der Waals surface area contributed by atoms with Crippen molar-refractivity contribution in [2.45, 2.75) is 37.3 Å². The van der Waals surface area contributed by atoms with Crippen LogP contribution in [0.3, 0.4) is 0 Å². The van der Waals surface area contributed by atoms with Crippen molar-refractivity contribution in [3.63, 3.8) is 0 Å². The first kappa shape index (κ1) is 16.1. The Balaban J connectivity index is 1.63. The number of carbonyl (C=O) groups excluding carboxylic acids is 1. The highest BCUT2D eigenvalue weighted by atomic mass is 16.5. The molecule has 0 spiro atoms. The van der Waals surface area contributed by atoms with Crippen LogP contribution in [0.25, 0.3) is 0 Å². The Morgan fingerprint density at radius 1 is 1.32 bits per heavy atom. The van der Waals surface area contributed by atoms with Crippen molar-refractivity contribution >= 4 is 5.91 Å². The summed E-state index contributed by atoms with van der Waals surface area (Å²) in [5, 5.41) is 6.81. The zero-order valence-corrected chi connectivity index (χ0v) is 14.4. The van der Waals surface area contributed by atoms with Crippen molar-refractivity contribution in [2.75, 3.05) is 20.8 Å². The van der Waals surface area contributed by atoms with Gasteiger partial charge < -0.3 is 14.4 Å². The number of carbonyl (C=O) groups is 1. The summed E-state index contributed by atoms with van der Waals surface area (Å²) in [7, 11) is 3.35. The molecule has 1 saturated carbocycles. The van der Waals surface area contributed by atoms with Gasteiger partial charge in [-0.15, -0.1) is 0 Å². The van der Waals surface area contributed by atoms with Crippen molar-refractivity contribution in [3.8, 4) is 5.75 Å². The Kier molecular flexibility index (Phi) is 4.17. The second-order valence-electron chi connectivity index (χ2n) is 6.67. The molecule has 4 rings (SSSR count). The summed E-state index contributed by atoms with van der Waals surface area (Å²) in [5.74, 6) is 2.06. The van der Waals surface area contributed by atoms with Crippen molar-refractivity contribution in [2.24, 2.45) is 0 Å². The van der Waals surface area contributed by atoms with Crippen LogP contribution in [-0.4, -0.2) is 52.9 Å². The van der Waals surface area contributed by atoms with Crippen LogP contribution in [0, 0.1) is 0 Å². The molecule has 0 unspecified atom stereocenters. The van der Waals surface area contributed by atoms with E-state index < -0.39 is 0 Å². The number of aromatic amines is 1. The summed E-state index contributed by atoms with van der Waals surface area (Å²) < 4.78 is 10.9. The minimum absolute atomic E-state index is 0.000186. The van der Waals surface area contributed by atoms with E-state index in [4.69, 9.17) is 9.47 Å². The van der Waals surface area contributed by atoms with Gasteiger partial charge in [-0.3, -0.25) is 9.89 Å². The first-order valence-corrected chi connectivity index (χ1v) is 8.58.